The van der Waals surface area contributed by atoms with Crippen molar-refractivity contribution < 1.29 is 9.53 Å². The summed E-state index contributed by atoms with van der Waals surface area (Å²) in [7, 11) is 0. The average molecular weight is 184 g/mol. The SMILES string of the molecule is CCC[C@@]1(C(=O)C(C)C)CCCO1. The third-order valence-corrected chi connectivity index (χ3v) is 2.73. The van der Waals surface area contributed by atoms with Gasteiger partial charge in [0.2, 0.25) is 0 Å². The first-order chi connectivity index (χ1) is 6.12. The predicted octanol–water partition coefficient (Wildman–Crippen LogP) is 2.56. The van der Waals surface area contributed by atoms with Gasteiger partial charge in [-0.25, -0.2) is 0 Å². The van der Waals surface area contributed by atoms with Gasteiger partial charge in [-0.05, 0) is 19.3 Å². The maximum Gasteiger partial charge on any atom is 0.167 e. The molecule has 1 atom stereocenters. The summed E-state index contributed by atoms with van der Waals surface area (Å²) in [5, 5.41) is 0. The summed E-state index contributed by atoms with van der Waals surface area (Å²) in [5.74, 6) is 0.400. The number of ketones is 1. The van der Waals surface area contributed by atoms with Crippen molar-refractivity contribution in [2.45, 2.75) is 52.1 Å². The van der Waals surface area contributed by atoms with Crippen molar-refractivity contribution in [2.75, 3.05) is 6.61 Å². The van der Waals surface area contributed by atoms with E-state index in [2.05, 4.69) is 6.92 Å². The van der Waals surface area contributed by atoms with Gasteiger partial charge in [0.1, 0.15) is 5.60 Å². The predicted molar refractivity (Wildman–Crippen MR) is 52.7 cm³/mol. The summed E-state index contributed by atoms with van der Waals surface area (Å²) in [6.07, 6.45) is 3.89. The maximum absolute atomic E-state index is 11.9. The van der Waals surface area contributed by atoms with Crippen molar-refractivity contribution in [2.24, 2.45) is 5.92 Å². The van der Waals surface area contributed by atoms with Crippen LogP contribution in [0.25, 0.3) is 0 Å². The number of ether oxygens (including phenoxy) is 1. The summed E-state index contributed by atoms with van der Waals surface area (Å²) >= 11 is 0. The smallest absolute Gasteiger partial charge is 0.167 e. The minimum atomic E-state index is -0.414. The molecule has 0 N–H and O–H groups in total. The van der Waals surface area contributed by atoms with Gasteiger partial charge in [0.05, 0.1) is 0 Å². The molecule has 0 aliphatic carbocycles. The average Bonchev–Trinajstić information content (AvgIpc) is 2.53. The molecule has 0 aromatic rings. The van der Waals surface area contributed by atoms with Gasteiger partial charge in [0.25, 0.3) is 0 Å². The molecule has 1 aliphatic rings. The second-order valence-electron chi connectivity index (χ2n) is 4.22. The molecule has 0 spiro atoms. The van der Waals surface area contributed by atoms with E-state index in [9.17, 15) is 4.79 Å². The molecule has 2 heteroatoms. The third kappa shape index (κ3) is 2.11. The minimum Gasteiger partial charge on any atom is -0.367 e. The van der Waals surface area contributed by atoms with E-state index in [1.165, 1.54) is 0 Å². The number of hydrogen-bond acceptors (Lipinski definition) is 2. The molecule has 1 fully saturated rings. The van der Waals surface area contributed by atoms with Crippen molar-refractivity contribution in [1.82, 2.24) is 0 Å². The van der Waals surface area contributed by atoms with Gasteiger partial charge in [-0.15, -0.1) is 0 Å². The van der Waals surface area contributed by atoms with Gasteiger partial charge in [-0.2, -0.15) is 0 Å². The highest BCUT2D eigenvalue weighted by molar-refractivity contribution is 5.89. The summed E-state index contributed by atoms with van der Waals surface area (Å²) in [6, 6.07) is 0. The fraction of sp³-hybridized carbons (Fsp3) is 0.909. The Bertz CT molecular complexity index is 179. The molecule has 0 aromatic carbocycles. The van der Waals surface area contributed by atoms with Crippen molar-refractivity contribution in [3.63, 3.8) is 0 Å². The first kappa shape index (κ1) is 10.7. The molecule has 1 heterocycles. The van der Waals surface area contributed by atoms with E-state index in [0.717, 1.165) is 32.3 Å². The van der Waals surface area contributed by atoms with E-state index in [0.29, 0.717) is 5.78 Å². The number of carbonyl (C=O) groups excluding carboxylic acids is 1. The Balaban J connectivity index is 2.71. The third-order valence-electron chi connectivity index (χ3n) is 2.73. The maximum atomic E-state index is 11.9. The van der Waals surface area contributed by atoms with Crippen molar-refractivity contribution in [1.29, 1.82) is 0 Å². The second kappa shape index (κ2) is 4.23. The highest BCUT2D eigenvalue weighted by Crippen LogP contribution is 2.33. The molecule has 0 saturated carbocycles. The number of hydrogen-bond donors (Lipinski definition) is 0. The Hall–Kier alpha value is -0.370. The zero-order valence-corrected chi connectivity index (χ0v) is 8.93. The highest BCUT2D eigenvalue weighted by atomic mass is 16.5. The molecule has 0 amide bonds. The molecule has 0 radical (unpaired) electrons. The number of Topliss-reactive ketones (excluding diaryl/α,β-unsaturated/α-hetero) is 1. The quantitative estimate of drug-likeness (QED) is 0.671. The summed E-state index contributed by atoms with van der Waals surface area (Å²) in [6.45, 7) is 6.79. The van der Waals surface area contributed by atoms with Crippen LogP contribution in [0.5, 0.6) is 0 Å². The number of rotatable bonds is 4. The molecular formula is C11H20O2. The summed E-state index contributed by atoms with van der Waals surface area (Å²) in [5.41, 5.74) is -0.414. The van der Waals surface area contributed by atoms with Crippen LogP contribution in [-0.4, -0.2) is 18.0 Å². The fourth-order valence-corrected chi connectivity index (χ4v) is 2.14. The van der Waals surface area contributed by atoms with Crippen LogP contribution in [0.4, 0.5) is 0 Å². The van der Waals surface area contributed by atoms with Crippen molar-refractivity contribution in [3.8, 4) is 0 Å². The van der Waals surface area contributed by atoms with Crippen LogP contribution in [0.3, 0.4) is 0 Å². The first-order valence-electron chi connectivity index (χ1n) is 5.30. The fourth-order valence-electron chi connectivity index (χ4n) is 2.14. The Morgan fingerprint density at radius 2 is 2.23 bits per heavy atom. The van der Waals surface area contributed by atoms with Crippen LogP contribution >= 0.6 is 0 Å². The zero-order valence-electron chi connectivity index (χ0n) is 8.93. The van der Waals surface area contributed by atoms with Gasteiger partial charge < -0.3 is 4.74 Å². The Kier molecular flexibility index (Phi) is 3.48. The van der Waals surface area contributed by atoms with Crippen LogP contribution in [0.15, 0.2) is 0 Å². The van der Waals surface area contributed by atoms with E-state index in [4.69, 9.17) is 4.74 Å². The lowest BCUT2D eigenvalue weighted by atomic mass is 9.84. The van der Waals surface area contributed by atoms with Crippen molar-refractivity contribution in [3.05, 3.63) is 0 Å². The molecule has 0 unspecified atom stereocenters. The van der Waals surface area contributed by atoms with Gasteiger partial charge >= 0.3 is 0 Å². The van der Waals surface area contributed by atoms with E-state index < -0.39 is 5.60 Å². The summed E-state index contributed by atoms with van der Waals surface area (Å²) in [4.78, 5) is 11.9. The molecule has 2 nitrogen and oxygen atoms in total. The minimum absolute atomic E-state index is 0.102. The Morgan fingerprint density at radius 3 is 2.62 bits per heavy atom. The molecule has 1 rings (SSSR count). The molecule has 1 saturated heterocycles. The lowest BCUT2D eigenvalue weighted by Gasteiger charge is -2.28. The monoisotopic (exact) mass is 184 g/mol. The molecular weight excluding hydrogens is 164 g/mol. The molecule has 0 bridgehead atoms. The highest BCUT2D eigenvalue weighted by Gasteiger charge is 2.42. The lowest BCUT2D eigenvalue weighted by Crippen LogP contribution is -2.40. The van der Waals surface area contributed by atoms with Crippen LogP contribution < -0.4 is 0 Å². The van der Waals surface area contributed by atoms with E-state index in [-0.39, 0.29) is 5.92 Å². The summed E-state index contributed by atoms with van der Waals surface area (Å²) < 4.78 is 5.65. The largest absolute Gasteiger partial charge is 0.367 e. The molecule has 1 aliphatic heterocycles. The topological polar surface area (TPSA) is 26.3 Å². The molecule has 0 aromatic heterocycles. The van der Waals surface area contributed by atoms with E-state index >= 15 is 0 Å². The van der Waals surface area contributed by atoms with Crippen LogP contribution in [0.2, 0.25) is 0 Å². The van der Waals surface area contributed by atoms with Gasteiger partial charge in [-0.1, -0.05) is 27.2 Å². The van der Waals surface area contributed by atoms with Gasteiger partial charge in [-0.3, -0.25) is 4.79 Å². The standard InChI is InChI=1S/C11H20O2/c1-4-6-11(7-5-8-13-11)10(12)9(2)3/h9H,4-8H2,1-3H3/t11-/m0/s1. The van der Waals surface area contributed by atoms with E-state index in [1.807, 2.05) is 13.8 Å². The van der Waals surface area contributed by atoms with E-state index in [1.54, 1.807) is 0 Å². The second-order valence-corrected chi connectivity index (χ2v) is 4.22. The normalized spacial score (nSPS) is 28.3. The van der Waals surface area contributed by atoms with Crippen LogP contribution in [-0.2, 0) is 9.53 Å². The van der Waals surface area contributed by atoms with Crippen LogP contribution in [0.1, 0.15) is 46.5 Å². The zero-order chi connectivity index (χ0) is 9.90. The first-order valence-corrected chi connectivity index (χ1v) is 5.30. The lowest BCUT2D eigenvalue weighted by molar-refractivity contribution is -0.143. The number of carbonyl (C=O) groups is 1. The van der Waals surface area contributed by atoms with Crippen LogP contribution in [0, 0.1) is 5.92 Å². The molecule has 13 heavy (non-hydrogen) atoms. The Labute approximate surface area is 80.7 Å². The molecule has 76 valence electrons. The van der Waals surface area contributed by atoms with Crippen molar-refractivity contribution >= 4 is 5.78 Å². The van der Waals surface area contributed by atoms with Gasteiger partial charge in [0.15, 0.2) is 5.78 Å². The Morgan fingerprint density at radius 1 is 1.54 bits per heavy atom. The van der Waals surface area contributed by atoms with Gasteiger partial charge in [0, 0.05) is 12.5 Å².